The van der Waals surface area contributed by atoms with Crippen molar-refractivity contribution >= 4 is 32.7 Å². The summed E-state index contributed by atoms with van der Waals surface area (Å²) in [5, 5.41) is 3.30. The molecule has 3 heteroatoms. The topological polar surface area (TPSA) is 38.7 Å². The molecule has 3 aromatic heterocycles. The predicted octanol–water partition coefficient (Wildman–Crippen LogP) is 3.64. The molecule has 19 heavy (non-hydrogen) atoms. The number of hydrogen-bond donors (Lipinski definition) is 0. The average molecular weight is 245 g/mol. The zero-order chi connectivity index (χ0) is 12.8. The molecule has 0 amide bonds. The molecule has 0 radical (unpaired) electrons. The molecule has 0 atom stereocenters. The molecule has 90 valence electrons. The Kier molecular flexibility index (Phi) is 2.03. The first-order valence-electron chi connectivity index (χ1n) is 6.23. The minimum atomic E-state index is 0.920. The van der Waals surface area contributed by atoms with Crippen LogP contribution < -0.4 is 0 Å². The van der Waals surface area contributed by atoms with Crippen LogP contribution in [0.15, 0.2) is 48.8 Å². The van der Waals surface area contributed by atoms with Crippen LogP contribution >= 0.6 is 0 Å². The molecule has 0 fully saturated rings. The van der Waals surface area contributed by atoms with Gasteiger partial charge in [0.1, 0.15) is 0 Å². The Bertz CT molecular complexity index is 893. The Morgan fingerprint density at radius 3 is 2.11 bits per heavy atom. The molecule has 4 rings (SSSR count). The Labute approximate surface area is 110 Å². The number of aryl methyl sites for hydroxylation is 1. The molecule has 0 unspecified atom stereocenters. The van der Waals surface area contributed by atoms with Crippen LogP contribution in [0.3, 0.4) is 0 Å². The van der Waals surface area contributed by atoms with Gasteiger partial charge in [-0.15, -0.1) is 0 Å². The minimum absolute atomic E-state index is 0.920. The first-order valence-corrected chi connectivity index (χ1v) is 6.23. The highest BCUT2D eigenvalue weighted by Gasteiger charge is 2.10. The Hall–Kier alpha value is -2.55. The van der Waals surface area contributed by atoms with Crippen molar-refractivity contribution in [3.8, 4) is 0 Å². The molecular weight excluding hydrogens is 234 g/mol. The van der Waals surface area contributed by atoms with Crippen LogP contribution in [0.5, 0.6) is 0 Å². The molecule has 0 N–H and O–H groups in total. The number of fused-ring (bicyclic) bond motifs is 6. The zero-order valence-corrected chi connectivity index (χ0v) is 10.5. The normalized spacial score (nSPS) is 11.4. The molecule has 4 aromatic rings. The highest BCUT2D eigenvalue weighted by molar-refractivity contribution is 6.21. The lowest BCUT2D eigenvalue weighted by molar-refractivity contribution is 1.26. The molecule has 1 aromatic carbocycles. The van der Waals surface area contributed by atoms with Gasteiger partial charge in [-0.25, -0.2) is 0 Å². The number of aromatic nitrogens is 3. The molecule has 0 aliphatic carbocycles. The number of rotatable bonds is 0. The summed E-state index contributed by atoms with van der Waals surface area (Å²) in [7, 11) is 0. The molecule has 3 heterocycles. The second kappa shape index (κ2) is 3.72. The predicted molar refractivity (Wildman–Crippen MR) is 77.1 cm³/mol. The Morgan fingerprint density at radius 1 is 0.684 bits per heavy atom. The molecule has 0 aliphatic rings. The largest absolute Gasteiger partial charge is 0.254 e. The van der Waals surface area contributed by atoms with Crippen molar-refractivity contribution in [2.24, 2.45) is 0 Å². The Balaban J connectivity index is 2.43. The van der Waals surface area contributed by atoms with Crippen molar-refractivity contribution in [2.45, 2.75) is 6.92 Å². The van der Waals surface area contributed by atoms with Gasteiger partial charge in [-0.1, -0.05) is 12.1 Å². The maximum absolute atomic E-state index is 4.69. The summed E-state index contributed by atoms with van der Waals surface area (Å²) in [5.41, 5.74) is 3.88. The lowest BCUT2D eigenvalue weighted by Gasteiger charge is -2.08. The quantitative estimate of drug-likeness (QED) is 0.444. The molecule has 0 aliphatic heterocycles. The number of benzene rings is 1. The third kappa shape index (κ3) is 1.41. The van der Waals surface area contributed by atoms with E-state index in [-0.39, 0.29) is 0 Å². The number of hydrogen-bond acceptors (Lipinski definition) is 3. The SMILES string of the molecule is Cc1ccc2c3cccnc3c3ncccc3c2n1. The van der Waals surface area contributed by atoms with E-state index in [0.717, 1.165) is 38.4 Å². The third-order valence-corrected chi connectivity index (χ3v) is 3.42. The average Bonchev–Trinajstić information content (AvgIpc) is 2.47. The van der Waals surface area contributed by atoms with Crippen molar-refractivity contribution in [3.05, 3.63) is 54.5 Å². The summed E-state index contributed by atoms with van der Waals surface area (Å²) in [6, 6.07) is 12.2. The van der Waals surface area contributed by atoms with E-state index in [0.29, 0.717) is 0 Å². The number of nitrogens with zero attached hydrogens (tertiary/aromatic N) is 3. The van der Waals surface area contributed by atoms with Crippen molar-refractivity contribution in [2.75, 3.05) is 0 Å². The van der Waals surface area contributed by atoms with Gasteiger partial charge >= 0.3 is 0 Å². The van der Waals surface area contributed by atoms with E-state index in [1.807, 2.05) is 31.3 Å². The van der Waals surface area contributed by atoms with E-state index in [2.05, 4.69) is 33.2 Å². The van der Waals surface area contributed by atoms with Crippen LogP contribution in [0.1, 0.15) is 5.69 Å². The van der Waals surface area contributed by atoms with Crippen LogP contribution in [-0.2, 0) is 0 Å². The first kappa shape index (κ1) is 10.4. The van der Waals surface area contributed by atoms with Gasteiger partial charge in [0, 0.05) is 34.2 Å². The van der Waals surface area contributed by atoms with Crippen molar-refractivity contribution in [1.82, 2.24) is 15.0 Å². The van der Waals surface area contributed by atoms with E-state index in [9.17, 15) is 0 Å². The van der Waals surface area contributed by atoms with Crippen LogP contribution in [-0.4, -0.2) is 15.0 Å². The van der Waals surface area contributed by atoms with Crippen molar-refractivity contribution < 1.29 is 0 Å². The van der Waals surface area contributed by atoms with Crippen LogP contribution in [0, 0.1) is 6.92 Å². The zero-order valence-electron chi connectivity index (χ0n) is 10.5. The fourth-order valence-electron chi connectivity index (χ4n) is 2.58. The van der Waals surface area contributed by atoms with E-state index in [1.165, 1.54) is 0 Å². The van der Waals surface area contributed by atoms with Gasteiger partial charge < -0.3 is 0 Å². The molecule has 3 nitrogen and oxygen atoms in total. The first-order chi connectivity index (χ1) is 9.34. The molecule has 0 saturated carbocycles. The fourth-order valence-corrected chi connectivity index (χ4v) is 2.58. The van der Waals surface area contributed by atoms with Gasteiger partial charge in [-0.05, 0) is 31.2 Å². The molecule has 0 spiro atoms. The van der Waals surface area contributed by atoms with Gasteiger partial charge in [0.05, 0.1) is 16.6 Å². The summed E-state index contributed by atoms with van der Waals surface area (Å²) in [4.78, 5) is 13.7. The third-order valence-electron chi connectivity index (χ3n) is 3.42. The van der Waals surface area contributed by atoms with E-state index >= 15 is 0 Å². The molecule has 0 saturated heterocycles. The monoisotopic (exact) mass is 245 g/mol. The fraction of sp³-hybridized carbons (Fsp3) is 0.0625. The summed E-state index contributed by atoms with van der Waals surface area (Å²) in [5.74, 6) is 0. The van der Waals surface area contributed by atoms with Gasteiger partial charge in [-0.3, -0.25) is 15.0 Å². The van der Waals surface area contributed by atoms with Gasteiger partial charge in [0.15, 0.2) is 0 Å². The summed E-state index contributed by atoms with van der Waals surface area (Å²) >= 11 is 0. The van der Waals surface area contributed by atoms with Crippen LogP contribution in [0.25, 0.3) is 32.7 Å². The second-order valence-electron chi connectivity index (χ2n) is 4.65. The van der Waals surface area contributed by atoms with Gasteiger partial charge in [0.2, 0.25) is 0 Å². The van der Waals surface area contributed by atoms with E-state index < -0.39 is 0 Å². The maximum Gasteiger partial charge on any atom is 0.0986 e. The minimum Gasteiger partial charge on any atom is -0.254 e. The Morgan fingerprint density at radius 2 is 1.32 bits per heavy atom. The molecular formula is C16H11N3. The summed E-state index contributed by atoms with van der Waals surface area (Å²) in [6.45, 7) is 2.01. The van der Waals surface area contributed by atoms with Crippen LogP contribution in [0.2, 0.25) is 0 Å². The standard InChI is InChI=1S/C16H11N3/c1-10-6-7-12-11-4-2-8-17-15(11)16-13(14(12)19-10)5-3-9-18-16/h2-9H,1H3. The van der Waals surface area contributed by atoms with E-state index in [1.54, 1.807) is 6.20 Å². The maximum atomic E-state index is 4.69. The smallest absolute Gasteiger partial charge is 0.0986 e. The second-order valence-corrected chi connectivity index (χ2v) is 4.65. The van der Waals surface area contributed by atoms with Gasteiger partial charge in [-0.2, -0.15) is 0 Å². The van der Waals surface area contributed by atoms with Crippen LogP contribution in [0.4, 0.5) is 0 Å². The highest BCUT2D eigenvalue weighted by Crippen LogP contribution is 2.31. The highest BCUT2D eigenvalue weighted by atomic mass is 14.8. The van der Waals surface area contributed by atoms with E-state index in [4.69, 9.17) is 0 Å². The van der Waals surface area contributed by atoms with Gasteiger partial charge in [0.25, 0.3) is 0 Å². The lowest BCUT2D eigenvalue weighted by Crippen LogP contribution is -1.90. The molecule has 0 bridgehead atoms. The lowest BCUT2D eigenvalue weighted by atomic mass is 10.0. The summed E-state index contributed by atoms with van der Waals surface area (Å²) in [6.07, 6.45) is 3.61. The van der Waals surface area contributed by atoms with Crippen molar-refractivity contribution in [3.63, 3.8) is 0 Å². The number of pyridine rings is 3. The summed E-state index contributed by atoms with van der Waals surface area (Å²) < 4.78 is 0. The van der Waals surface area contributed by atoms with Crippen molar-refractivity contribution in [1.29, 1.82) is 0 Å².